The predicted octanol–water partition coefficient (Wildman–Crippen LogP) is 5.03. The highest BCUT2D eigenvalue weighted by atomic mass is 19.3. The molecule has 3 nitrogen and oxygen atoms in total. The van der Waals surface area contributed by atoms with Crippen LogP contribution in [0, 0.1) is 6.92 Å². The molecule has 0 amide bonds. The highest BCUT2D eigenvalue weighted by Gasteiger charge is 2.49. The molecule has 0 fully saturated rings. The molecule has 25 heavy (non-hydrogen) atoms. The van der Waals surface area contributed by atoms with Gasteiger partial charge in [-0.1, -0.05) is 37.3 Å². The summed E-state index contributed by atoms with van der Waals surface area (Å²) in [5.74, 6) is -3.64. The van der Waals surface area contributed by atoms with Crippen LogP contribution in [-0.4, -0.2) is 18.6 Å². The molecule has 3 aromatic rings. The summed E-state index contributed by atoms with van der Waals surface area (Å²) in [6.07, 6.45) is -0.340. The van der Waals surface area contributed by atoms with Crippen LogP contribution in [-0.2, 0) is 11.3 Å². The minimum Gasteiger partial charge on any atom is -0.435 e. The summed E-state index contributed by atoms with van der Waals surface area (Å²) in [5.41, 5.74) is 3.31. The first-order valence-electron chi connectivity index (χ1n) is 8.35. The number of para-hydroxylation sites is 3. The van der Waals surface area contributed by atoms with Crippen LogP contribution in [0.15, 0.2) is 46.9 Å². The third-order valence-corrected chi connectivity index (χ3v) is 5.07. The van der Waals surface area contributed by atoms with Crippen LogP contribution in [0.3, 0.4) is 0 Å². The Morgan fingerprint density at radius 2 is 1.96 bits per heavy atom. The minimum absolute atomic E-state index is 0.340. The topological polar surface area (TPSA) is 29.3 Å². The average molecular weight is 342 g/mol. The highest BCUT2D eigenvalue weighted by molar-refractivity contribution is 5.72. The average Bonchev–Trinajstić information content (AvgIpc) is 3.08. The van der Waals surface area contributed by atoms with Gasteiger partial charge in [0.05, 0.1) is 0 Å². The zero-order valence-corrected chi connectivity index (χ0v) is 14.5. The van der Waals surface area contributed by atoms with Gasteiger partial charge in [0, 0.05) is 31.1 Å². The molecule has 4 rings (SSSR count). The number of rotatable bonds is 3. The van der Waals surface area contributed by atoms with E-state index in [2.05, 4.69) is 9.88 Å². The normalized spacial score (nSPS) is 20.3. The Hall–Kier alpha value is -2.43. The SMILES string of the molecule is Cc1cccc2c1N(C)CC2(C)CC(F)(F)c1nc2ccccc2o1. The van der Waals surface area contributed by atoms with Crippen molar-refractivity contribution in [1.29, 1.82) is 0 Å². The van der Waals surface area contributed by atoms with Crippen LogP contribution in [0.5, 0.6) is 0 Å². The van der Waals surface area contributed by atoms with Crippen LogP contribution in [0.2, 0.25) is 0 Å². The van der Waals surface area contributed by atoms with Gasteiger partial charge in [-0.05, 0) is 30.2 Å². The number of halogens is 2. The maximum Gasteiger partial charge on any atom is 0.323 e. The van der Waals surface area contributed by atoms with E-state index in [1.165, 1.54) is 0 Å². The Morgan fingerprint density at radius 3 is 2.72 bits per heavy atom. The number of aryl methyl sites for hydroxylation is 1. The van der Waals surface area contributed by atoms with Crippen LogP contribution < -0.4 is 4.90 Å². The van der Waals surface area contributed by atoms with Gasteiger partial charge in [0.25, 0.3) is 5.89 Å². The van der Waals surface area contributed by atoms with Gasteiger partial charge in [-0.2, -0.15) is 8.78 Å². The van der Waals surface area contributed by atoms with E-state index in [4.69, 9.17) is 4.42 Å². The lowest BCUT2D eigenvalue weighted by Gasteiger charge is -2.28. The fraction of sp³-hybridized carbons (Fsp3) is 0.350. The van der Waals surface area contributed by atoms with Crippen molar-refractivity contribution >= 4 is 16.8 Å². The van der Waals surface area contributed by atoms with Crippen molar-refractivity contribution in [2.24, 2.45) is 0 Å². The number of fused-ring (bicyclic) bond motifs is 2. The molecule has 2 aromatic carbocycles. The molecule has 0 bridgehead atoms. The summed E-state index contributed by atoms with van der Waals surface area (Å²) < 4.78 is 35.4. The van der Waals surface area contributed by atoms with E-state index in [9.17, 15) is 0 Å². The van der Waals surface area contributed by atoms with Gasteiger partial charge < -0.3 is 9.32 Å². The van der Waals surface area contributed by atoms with Crippen molar-refractivity contribution in [3.05, 3.63) is 59.5 Å². The van der Waals surface area contributed by atoms with Gasteiger partial charge in [0.1, 0.15) is 5.52 Å². The van der Waals surface area contributed by atoms with E-state index >= 15 is 8.78 Å². The van der Waals surface area contributed by atoms with Crippen LogP contribution in [0.25, 0.3) is 11.1 Å². The first-order valence-corrected chi connectivity index (χ1v) is 8.35. The molecule has 0 saturated heterocycles. The standard InChI is InChI=1S/C20H20F2N2O/c1-13-7-6-8-14-17(13)24(3)12-19(14,2)11-20(21,22)18-23-15-9-4-5-10-16(15)25-18/h4-10H,11-12H2,1-3H3. The number of benzene rings is 2. The second kappa shape index (κ2) is 5.28. The summed E-state index contributed by atoms with van der Waals surface area (Å²) in [7, 11) is 1.95. The van der Waals surface area contributed by atoms with E-state index in [0.29, 0.717) is 17.6 Å². The smallest absolute Gasteiger partial charge is 0.323 e. The number of nitrogens with zero attached hydrogens (tertiary/aromatic N) is 2. The van der Waals surface area contributed by atoms with Crippen molar-refractivity contribution in [1.82, 2.24) is 4.98 Å². The van der Waals surface area contributed by atoms with E-state index in [-0.39, 0.29) is 6.42 Å². The summed E-state index contributed by atoms with van der Waals surface area (Å²) in [6.45, 7) is 4.45. The van der Waals surface area contributed by atoms with Crippen LogP contribution >= 0.6 is 0 Å². The molecule has 1 atom stereocenters. The number of hydrogen-bond acceptors (Lipinski definition) is 3. The van der Waals surface area contributed by atoms with E-state index in [1.54, 1.807) is 24.3 Å². The van der Waals surface area contributed by atoms with Gasteiger partial charge in [-0.15, -0.1) is 0 Å². The quantitative estimate of drug-likeness (QED) is 0.669. The number of hydrogen-bond donors (Lipinski definition) is 0. The third-order valence-electron chi connectivity index (χ3n) is 5.07. The molecule has 0 saturated carbocycles. The lowest BCUT2D eigenvalue weighted by molar-refractivity contribution is -0.0543. The fourth-order valence-corrected chi connectivity index (χ4v) is 4.09. The van der Waals surface area contributed by atoms with Crippen molar-refractivity contribution in [2.75, 3.05) is 18.5 Å². The Balaban J connectivity index is 1.73. The first kappa shape index (κ1) is 16.1. The maximum atomic E-state index is 15.0. The first-order chi connectivity index (χ1) is 11.8. The number of alkyl halides is 2. The monoisotopic (exact) mass is 342 g/mol. The Labute approximate surface area is 145 Å². The largest absolute Gasteiger partial charge is 0.435 e. The molecule has 0 spiro atoms. The van der Waals surface area contributed by atoms with E-state index in [0.717, 1.165) is 16.8 Å². The molecule has 5 heteroatoms. The molecule has 1 aliphatic rings. The van der Waals surface area contributed by atoms with Crippen LogP contribution in [0.1, 0.15) is 30.4 Å². The van der Waals surface area contributed by atoms with Gasteiger partial charge in [0.15, 0.2) is 5.58 Å². The second-order valence-electron chi connectivity index (χ2n) is 7.26. The molecular weight excluding hydrogens is 322 g/mol. The van der Waals surface area contributed by atoms with Crippen molar-refractivity contribution < 1.29 is 13.2 Å². The van der Waals surface area contributed by atoms with Gasteiger partial charge in [-0.25, -0.2) is 4.98 Å². The summed E-state index contributed by atoms with van der Waals surface area (Å²) >= 11 is 0. The lowest BCUT2D eigenvalue weighted by Crippen LogP contribution is -2.34. The molecule has 2 heterocycles. The second-order valence-corrected chi connectivity index (χ2v) is 7.26. The molecule has 1 aromatic heterocycles. The molecule has 0 aliphatic carbocycles. The third kappa shape index (κ3) is 2.49. The lowest BCUT2D eigenvalue weighted by atomic mass is 9.78. The Bertz CT molecular complexity index is 917. The zero-order valence-electron chi connectivity index (χ0n) is 14.5. The fourth-order valence-electron chi connectivity index (χ4n) is 4.09. The Kier molecular flexibility index (Phi) is 3.39. The van der Waals surface area contributed by atoms with Gasteiger partial charge in [0.2, 0.25) is 0 Å². The molecule has 0 N–H and O–H groups in total. The number of oxazole rings is 1. The predicted molar refractivity (Wildman–Crippen MR) is 94.3 cm³/mol. The molecule has 130 valence electrons. The Morgan fingerprint density at radius 1 is 1.20 bits per heavy atom. The van der Waals surface area contributed by atoms with E-state index in [1.807, 2.05) is 39.1 Å². The summed E-state index contributed by atoms with van der Waals surface area (Å²) in [4.78, 5) is 6.08. The molecule has 1 aliphatic heterocycles. The maximum absolute atomic E-state index is 15.0. The number of anilines is 1. The van der Waals surface area contributed by atoms with Crippen molar-refractivity contribution in [2.45, 2.75) is 31.6 Å². The summed E-state index contributed by atoms with van der Waals surface area (Å²) in [6, 6.07) is 12.8. The molecule has 0 radical (unpaired) electrons. The van der Waals surface area contributed by atoms with Crippen molar-refractivity contribution in [3.63, 3.8) is 0 Å². The number of likely N-dealkylation sites (N-methyl/N-ethyl adjacent to an activating group) is 1. The van der Waals surface area contributed by atoms with Crippen LogP contribution in [0.4, 0.5) is 14.5 Å². The number of aromatic nitrogens is 1. The molecule has 1 unspecified atom stereocenters. The van der Waals surface area contributed by atoms with Gasteiger partial charge in [-0.3, -0.25) is 0 Å². The summed E-state index contributed by atoms with van der Waals surface area (Å²) in [5, 5.41) is 0. The van der Waals surface area contributed by atoms with Gasteiger partial charge >= 0.3 is 5.92 Å². The van der Waals surface area contributed by atoms with E-state index < -0.39 is 17.2 Å². The minimum atomic E-state index is -3.14. The molecular formula is C20H20F2N2O. The zero-order chi connectivity index (χ0) is 17.8. The van der Waals surface area contributed by atoms with Crippen molar-refractivity contribution in [3.8, 4) is 0 Å². The highest BCUT2D eigenvalue weighted by Crippen LogP contribution is 2.49.